The van der Waals surface area contributed by atoms with Gasteiger partial charge in [-0.05, 0) is 29.7 Å². The van der Waals surface area contributed by atoms with E-state index in [1.165, 1.54) is 0 Å². The molecular formula is C16H14ClNO. The van der Waals surface area contributed by atoms with E-state index >= 15 is 0 Å². The van der Waals surface area contributed by atoms with Gasteiger partial charge in [0.2, 0.25) is 0 Å². The van der Waals surface area contributed by atoms with E-state index in [2.05, 4.69) is 0 Å². The number of nitrogens with zero attached hydrogens (tertiary/aromatic N) is 1. The molecule has 3 heteroatoms. The molecule has 0 unspecified atom stereocenters. The highest BCUT2D eigenvalue weighted by molar-refractivity contribution is 6.31. The Morgan fingerprint density at radius 1 is 1.11 bits per heavy atom. The van der Waals surface area contributed by atoms with Crippen molar-refractivity contribution in [2.75, 3.05) is 6.54 Å². The van der Waals surface area contributed by atoms with Crippen LogP contribution in [-0.2, 0) is 13.0 Å². The van der Waals surface area contributed by atoms with Crippen LogP contribution in [0.25, 0.3) is 0 Å². The lowest BCUT2D eigenvalue weighted by Crippen LogP contribution is -2.37. The number of halogens is 1. The highest BCUT2D eigenvalue weighted by Gasteiger charge is 2.24. The zero-order valence-electron chi connectivity index (χ0n) is 10.5. The summed E-state index contributed by atoms with van der Waals surface area (Å²) in [7, 11) is 0. The maximum atomic E-state index is 12.4. The molecule has 1 heterocycles. The van der Waals surface area contributed by atoms with E-state index in [9.17, 15) is 4.79 Å². The predicted molar refractivity (Wildman–Crippen MR) is 76.3 cm³/mol. The molecule has 0 aromatic heterocycles. The lowest BCUT2D eigenvalue weighted by atomic mass is 9.98. The molecule has 0 N–H and O–H groups in total. The smallest absolute Gasteiger partial charge is 0.254 e. The van der Waals surface area contributed by atoms with Crippen molar-refractivity contribution in [1.82, 2.24) is 4.90 Å². The van der Waals surface area contributed by atoms with Gasteiger partial charge in [-0.15, -0.1) is 0 Å². The van der Waals surface area contributed by atoms with Crippen LogP contribution in [0, 0.1) is 0 Å². The summed E-state index contributed by atoms with van der Waals surface area (Å²) in [5, 5.41) is 0.619. The molecule has 0 radical (unpaired) electrons. The van der Waals surface area contributed by atoms with Crippen molar-refractivity contribution in [3.63, 3.8) is 0 Å². The molecule has 0 spiro atoms. The quantitative estimate of drug-likeness (QED) is 0.818. The van der Waals surface area contributed by atoms with Gasteiger partial charge in [0.1, 0.15) is 0 Å². The van der Waals surface area contributed by atoms with Gasteiger partial charge in [0, 0.05) is 23.7 Å². The number of rotatable bonds is 2. The third-order valence-corrected chi connectivity index (χ3v) is 3.69. The summed E-state index contributed by atoms with van der Waals surface area (Å²) in [5.74, 6) is 0.0765. The Balaban J connectivity index is 1.85. The van der Waals surface area contributed by atoms with Crippen molar-refractivity contribution in [1.29, 1.82) is 0 Å². The zero-order chi connectivity index (χ0) is 13.2. The van der Waals surface area contributed by atoms with E-state index in [1.54, 1.807) is 6.07 Å². The molecule has 0 aliphatic carbocycles. The SMILES string of the molecule is O=C1c2cc(Cl)ccc2CCN1Cc1ccccc1. The molecule has 2 aromatic rings. The molecule has 3 rings (SSSR count). The first-order valence-electron chi connectivity index (χ1n) is 6.35. The van der Waals surface area contributed by atoms with E-state index in [0.717, 1.165) is 29.7 Å². The van der Waals surface area contributed by atoms with Crippen molar-refractivity contribution >= 4 is 17.5 Å². The molecule has 2 nitrogen and oxygen atoms in total. The summed E-state index contributed by atoms with van der Waals surface area (Å²) in [6.45, 7) is 1.42. The predicted octanol–water partition coefficient (Wildman–Crippen LogP) is 3.54. The zero-order valence-corrected chi connectivity index (χ0v) is 11.2. The second-order valence-corrected chi connectivity index (χ2v) is 5.20. The molecule has 19 heavy (non-hydrogen) atoms. The van der Waals surface area contributed by atoms with Crippen LogP contribution in [0.5, 0.6) is 0 Å². The Bertz CT molecular complexity index is 609. The van der Waals surface area contributed by atoms with Crippen LogP contribution in [0.2, 0.25) is 5.02 Å². The first-order valence-corrected chi connectivity index (χ1v) is 6.73. The minimum absolute atomic E-state index is 0.0765. The van der Waals surface area contributed by atoms with Crippen molar-refractivity contribution in [2.24, 2.45) is 0 Å². The molecule has 2 aromatic carbocycles. The van der Waals surface area contributed by atoms with E-state index in [0.29, 0.717) is 11.6 Å². The van der Waals surface area contributed by atoms with Gasteiger partial charge in [-0.2, -0.15) is 0 Å². The molecule has 1 amide bonds. The third-order valence-electron chi connectivity index (χ3n) is 3.46. The Labute approximate surface area is 117 Å². The molecule has 96 valence electrons. The van der Waals surface area contributed by atoms with Crippen LogP contribution in [0.4, 0.5) is 0 Å². The maximum absolute atomic E-state index is 12.4. The Morgan fingerprint density at radius 3 is 2.68 bits per heavy atom. The number of carbonyl (C=O) groups excluding carboxylic acids is 1. The minimum atomic E-state index is 0.0765. The van der Waals surface area contributed by atoms with Crippen molar-refractivity contribution in [3.05, 3.63) is 70.2 Å². The number of benzene rings is 2. The monoisotopic (exact) mass is 271 g/mol. The summed E-state index contributed by atoms with van der Waals surface area (Å²) in [5.41, 5.74) is 3.00. The fraction of sp³-hybridized carbons (Fsp3) is 0.188. The van der Waals surface area contributed by atoms with Crippen molar-refractivity contribution in [3.8, 4) is 0 Å². The maximum Gasteiger partial charge on any atom is 0.254 e. The molecule has 0 bridgehead atoms. The minimum Gasteiger partial charge on any atom is -0.334 e. The molecule has 0 saturated heterocycles. The lowest BCUT2D eigenvalue weighted by Gasteiger charge is -2.28. The fourth-order valence-corrected chi connectivity index (χ4v) is 2.62. The van der Waals surface area contributed by atoms with Gasteiger partial charge in [-0.25, -0.2) is 0 Å². The van der Waals surface area contributed by atoms with Gasteiger partial charge in [0.25, 0.3) is 5.91 Å². The average Bonchev–Trinajstić information content (AvgIpc) is 2.44. The molecule has 0 atom stereocenters. The largest absolute Gasteiger partial charge is 0.334 e. The van der Waals surface area contributed by atoms with E-state index in [-0.39, 0.29) is 5.91 Å². The summed E-state index contributed by atoms with van der Waals surface area (Å²) in [4.78, 5) is 14.3. The average molecular weight is 272 g/mol. The Kier molecular flexibility index (Phi) is 3.26. The molecule has 0 fully saturated rings. The third kappa shape index (κ3) is 2.49. The summed E-state index contributed by atoms with van der Waals surface area (Å²) >= 11 is 5.98. The Morgan fingerprint density at radius 2 is 1.89 bits per heavy atom. The second-order valence-electron chi connectivity index (χ2n) is 4.76. The highest BCUT2D eigenvalue weighted by atomic mass is 35.5. The van der Waals surface area contributed by atoms with Crippen molar-refractivity contribution < 1.29 is 4.79 Å². The number of amides is 1. The highest BCUT2D eigenvalue weighted by Crippen LogP contribution is 2.23. The standard InChI is InChI=1S/C16H14ClNO/c17-14-7-6-13-8-9-18(16(19)15(13)10-14)11-12-4-2-1-3-5-12/h1-7,10H,8-9,11H2. The van der Waals surface area contributed by atoms with Crippen LogP contribution in [0.3, 0.4) is 0 Å². The first kappa shape index (κ1) is 12.2. The normalized spacial score (nSPS) is 14.4. The van der Waals surface area contributed by atoms with Crippen LogP contribution in [0.1, 0.15) is 21.5 Å². The molecule has 1 aliphatic rings. The van der Waals surface area contributed by atoms with E-state index in [1.807, 2.05) is 47.4 Å². The summed E-state index contributed by atoms with van der Waals surface area (Å²) in [6.07, 6.45) is 0.894. The number of carbonyl (C=O) groups is 1. The van der Waals surface area contributed by atoms with E-state index in [4.69, 9.17) is 11.6 Å². The van der Waals surface area contributed by atoms with Crippen LogP contribution >= 0.6 is 11.6 Å². The Hall–Kier alpha value is -1.80. The number of hydrogen-bond acceptors (Lipinski definition) is 1. The summed E-state index contributed by atoms with van der Waals surface area (Å²) in [6, 6.07) is 15.6. The van der Waals surface area contributed by atoms with Gasteiger partial charge in [0.05, 0.1) is 0 Å². The second kappa shape index (κ2) is 5.06. The van der Waals surface area contributed by atoms with Crippen LogP contribution in [-0.4, -0.2) is 17.4 Å². The summed E-state index contributed by atoms with van der Waals surface area (Å²) < 4.78 is 0. The topological polar surface area (TPSA) is 20.3 Å². The van der Waals surface area contributed by atoms with Crippen LogP contribution < -0.4 is 0 Å². The van der Waals surface area contributed by atoms with Gasteiger partial charge < -0.3 is 4.90 Å². The van der Waals surface area contributed by atoms with Gasteiger partial charge in [-0.3, -0.25) is 4.79 Å². The molecular weight excluding hydrogens is 258 g/mol. The van der Waals surface area contributed by atoms with Gasteiger partial charge in [0.15, 0.2) is 0 Å². The van der Waals surface area contributed by atoms with E-state index < -0.39 is 0 Å². The van der Waals surface area contributed by atoms with Gasteiger partial charge >= 0.3 is 0 Å². The van der Waals surface area contributed by atoms with Gasteiger partial charge in [-0.1, -0.05) is 48.0 Å². The fourth-order valence-electron chi connectivity index (χ4n) is 2.45. The van der Waals surface area contributed by atoms with Crippen molar-refractivity contribution in [2.45, 2.75) is 13.0 Å². The first-order chi connectivity index (χ1) is 9.24. The van der Waals surface area contributed by atoms with Crippen LogP contribution in [0.15, 0.2) is 48.5 Å². The molecule has 1 aliphatic heterocycles. The lowest BCUT2D eigenvalue weighted by molar-refractivity contribution is 0.0727. The molecule has 0 saturated carbocycles. The number of hydrogen-bond donors (Lipinski definition) is 0. The number of fused-ring (bicyclic) bond motifs is 1.